The Labute approximate surface area is 126 Å². The Hall–Kier alpha value is -2.36. The molecule has 2 heterocycles. The first-order valence-corrected chi connectivity index (χ1v) is 7.17. The van der Waals surface area contributed by atoms with E-state index < -0.39 is 0 Å². The van der Waals surface area contributed by atoms with Crippen LogP contribution in [-0.4, -0.2) is 27.7 Å². The second-order valence-corrected chi connectivity index (χ2v) is 5.15. The minimum absolute atomic E-state index is 0.0511. The Morgan fingerprint density at radius 3 is 3.10 bits per heavy atom. The fraction of sp³-hybridized carbons (Fsp3) is 0.200. The number of hydrogen-bond donors (Lipinski definition) is 3. The number of amides is 1. The largest absolute Gasteiger partial charge is 0.505 e. The van der Waals surface area contributed by atoms with Crippen molar-refractivity contribution in [3.63, 3.8) is 0 Å². The van der Waals surface area contributed by atoms with Crippen molar-refractivity contribution in [3.8, 4) is 17.6 Å². The van der Waals surface area contributed by atoms with Crippen LogP contribution in [0.1, 0.15) is 27.2 Å². The highest BCUT2D eigenvalue weighted by molar-refractivity contribution is 7.10. The highest BCUT2D eigenvalue weighted by Crippen LogP contribution is 2.16. The number of aliphatic hydroxyl groups excluding tert-OH is 1. The minimum atomic E-state index is -0.351. The molecule has 21 heavy (non-hydrogen) atoms. The first kappa shape index (κ1) is 15.0. The molecule has 0 saturated carbocycles. The standard InChI is InChI=1S/C15H14N2O3S/c18-6-2-1-3-11-7-12(21-10-11)8-17-15(20)13-4-5-16-9-14(13)19/h4-5,7,9-10,18-19H,2,6,8H2,(H,17,20). The molecule has 0 bridgehead atoms. The maximum Gasteiger partial charge on any atom is 0.255 e. The number of pyridine rings is 1. The van der Waals surface area contributed by atoms with Crippen LogP contribution in [0.5, 0.6) is 5.75 Å². The molecule has 5 nitrogen and oxygen atoms in total. The number of aliphatic hydroxyl groups is 1. The van der Waals surface area contributed by atoms with Crippen molar-refractivity contribution in [2.45, 2.75) is 13.0 Å². The number of aromatic nitrogens is 1. The molecule has 0 spiro atoms. The summed E-state index contributed by atoms with van der Waals surface area (Å²) in [7, 11) is 0. The maximum absolute atomic E-state index is 11.9. The van der Waals surface area contributed by atoms with Crippen molar-refractivity contribution in [1.82, 2.24) is 10.3 Å². The fourth-order valence-electron chi connectivity index (χ4n) is 1.60. The fourth-order valence-corrected chi connectivity index (χ4v) is 2.36. The molecular weight excluding hydrogens is 288 g/mol. The van der Waals surface area contributed by atoms with Gasteiger partial charge >= 0.3 is 0 Å². The van der Waals surface area contributed by atoms with E-state index in [1.165, 1.54) is 29.8 Å². The molecule has 2 aromatic heterocycles. The second-order valence-electron chi connectivity index (χ2n) is 4.15. The lowest BCUT2D eigenvalue weighted by Crippen LogP contribution is -2.22. The van der Waals surface area contributed by atoms with Crippen LogP contribution in [0, 0.1) is 11.8 Å². The molecule has 2 aromatic rings. The van der Waals surface area contributed by atoms with Crippen molar-refractivity contribution in [3.05, 3.63) is 45.9 Å². The monoisotopic (exact) mass is 302 g/mol. The zero-order chi connectivity index (χ0) is 15.1. The molecule has 0 radical (unpaired) electrons. The van der Waals surface area contributed by atoms with Crippen LogP contribution in [0.2, 0.25) is 0 Å². The van der Waals surface area contributed by atoms with E-state index in [2.05, 4.69) is 22.1 Å². The van der Waals surface area contributed by atoms with E-state index >= 15 is 0 Å². The summed E-state index contributed by atoms with van der Waals surface area (Å²) in [5.74, 6) is 5.28. The van der Waals surface area contributed by atoms with Gasteiger partial charge in [0.1, 0.15) is 5.75 Å². The van der Waals surface area contributed by atoms with E-state index in [0.29, 0.717) is 13.0 Å². The third-order valence-electron chi connectivity index (χ3n) is 2.59. The molecule has 0 aromatic carbocycles. The van der Waals surface area contributed by atoms with Crippen molar-refractivity contribution in [2.75, 3.05) is 6.61 Å². The van der Waals surface area contributed by atoms with Crippen LogP contribution >= 0.6 is 11.3 Å². The molecule has 0 atom stereocenters. The minimum Gasteiger partial charge on any atom is -0.505 e. The molecule has 0 aliphatic rings. The van der Waals surface area contributed by atoms with Gasteiger partial charge in [-0.1, -0.05) is 11.8 Å². The van der Waals surface area contributed by atoms with Crippen molar-refractivity contribution in [1.29, 1.82) is 0 Å². The lowest BCUT2D eigenvalue weighted by Gasteiger charge is -2.04. The van der Waals surface area contributed by atoms with Gasteiger partial charge in [-0.2, -0.15) is 0 Å². The van der Waals surface area contributed by atoms with Crippen LogP contribution in [0.25, 0.3) is 0 Å². The number of nitrogens with zero attached hydrogens (tertiary/aromatic N) is 1. The van der Waals surface area contributed by atoms with Gasteiger partial charge in [-0.3, -0.25) is 9.78 Å². The van der Waals surface area contributed by atoms with Gasteiger partial charge in [0.15, 0.2) is 0 Å². The normalized spacial score (nSPS) is 9.76. The van der Waals surface area contributed by atoms with Gasteiger partial charge in [0.25, 0.3) is 5.91 Å². The zero-order valence-electron chi connectivity index (χ0n) is 11.2. The summed E-state index contributed by atoms with van der Waals surface area (Å²) < 4.78 is 0. The third kappa shape index (κ3) is 4.31. The molecule has 6 heteroatoms. The number of nitrogens with one attached hydrogen (secondary N) is 1. The average Bonchev–Trinajstić information content (AvgIpc) is 2.93. The lowest BCUT2D eigenvalue weighted by atomic mass is 10.2. The number of aromatic hydroxyl groups is 1. The number of thiophene rings is 1. The summed E-state index contributed by atoms with van der Waals surface area (Å²) in [5.41, 5.74) is 1.06. The van der Waals surface area contributed by atoms with Gasteiger partial charge in [-0.05, 0) is 12.1 Å². The van der Waals surface area contributed by atoms with E-state index in [4.69, 9.17) is 5.11 Å². The Kier molecular flexibility index (Phi) is 5.32. The molecule has 0 unspecified atom stereocenters. The van der Waals surface area contributed by atoms with E-state index in [9.17, 15) is 9.90 Å². The summed E-state index contributed by atoms with van der Waals surface area (Å²) in [6.45, 7) is 0.419. The van der Waals surface area contributed by atoms with Gasteiger partial charge in [-0.25, -0.2) is 0 Å². The third-order valence-corrected chi connectivity index (χ3v) is 3.53. The van der Waals surface area contributed by atoms with Crippen molar-refractivity contribution < 1.29 is 15.0 Å². The molecule has 108 valence electrons. The molecule has 0 aliphatic heterocycles. The zero-order valence-corrected chi connectivity index (χ0v) is 12.0. The Morgan fingerprint density at radius 2 is 2.33 bits per heavy atom. The van der Waals surface area contributed by atoms with Crippen LogP contribution in [0.4, 0.5) is 0 Å². The van der Waals surface area contributed by atoms with E-state index in [1.54, 1.807) is 0 Å². The molecular formula is C15H14N2O3S. The SMILES string of the molecule is O=C(NCc1cc(C#CCCO)cs1)c1ccncc1O. The highest BCUT2D eigenvalue weighted by atomic mass is 32.1. The van der Waals surface area contributed by atoms with Crippen LogP contribution in [0.3, 0.4) is 0 Å². The molecule has 3 N–H and O–H groups in total. The Bertz CT molecular complexity index is 685. The molecule has 1 amide bonds. The average molecular weight is 302 g/mol. The summed E-state index contributed by atoms with van der Waals surface area (Å²) in [6, 6.07) is 3.35. The predicted molar refractivity (Wildman–Crippen MR) is 80.0 cm³/mol. The summed E-state index contributed by atoms with van der Waals surface area (Å²) in [5, 5.41) is 22.8. The van der Waals surface area contributed by atoms with Crippen LogP contribution in [0.15, 0.2) is 29.9 Å². The summed E-state index contributed by atoms with van der Waals surface area (Å²) in [6.07, 6.45) is 3.13. The number of carbonyl (C=O) groups excluding carboxylic acids is 1. The van der Waals surface area contributed by atoms with Crippen LogP contribution < -0.4 is 5.32 Å². The molecule has 0 saturated heterocycles. The topological polar surface area (TPSA) is 82.5 Å². The van der Waals surface area contributed by atoms with E-state index in [1.807, 2.05) is 11.4 Å². The number of hydrogen-bond acceptors (Lipinski definition) is 5. The van der Waals surface area contributed by atoms with Crippen molar-refractivity contribution >= 4 is 17.2 Å². The first-order chi connectivity index (χ1) is 10.2. The molecule has 0 fully saturated rings. The van der Waals surface area contributed by atoms with E-state index in [-0.39, 0.29) is 23.8 Å². The molecule has 0 aliphatic carbocycles. The van der Waals surface area contributed by atoms with Crippen molar-refractivity contribution in [2.24, 2.45) is 0 Å². The lowest BCUT2D eigenvalue weighted by molar-refractivity contribution is 0.0948. The second kappa shape index (κ2) is 7.43. The van der Waals surface area contributed by atoms with Gasteiger partial charge in [0, 0.05) is 28.4 Å². The first-order valence-electron chi connectivity index (χ1n) is 6.29. The van der Waals surface area contributed by atoms with Crippen LogP contribution in [-0.2, 0) is 6.54 Å². The number of carbonyl (C=O) groups is 1. The van der Waals surface area contributed by atoms with E-state index in [0.717, 1.165) is 10.4 Å². The highest BCUT2D eigenvalue weighted by Gasteiger charge is 2.10. The van der Waals surface area contributed by atoms with Gasteiger partial charge in [0.2, 0.25) is 0 Å². The molecule has 2 rings (SSSR count). The Morgan fingerprint density at radius 1 is 1.48 bits per heavy atom. The summed E-state index contributed by atoms with van der Waals surface area (Å²) in [4.78, 5) is 16.6. The quantitative estimate of drug-likeness (QED) is 0.748. The van der Waals surface area contributed by atoms with Gasteiger partial charge in [0.05, 0.1) is 24.9 Å². The van der Waals surface area contributed by atoms with Gasteiger partial charge < -0.3 is 15.5 Å². The smallest absolute Gasteiger partial charge is 0.255 e. The maximum atomic E-state index is 11.9. The summed E-state index contributed by atoms with van der Waals surface area (Å²) >= 11 is 1.49. The predicted octanol–water partition coefficient (Wildman–Crippen LogP) is 1.51. The van der Waals surface area contributed by atoms with Gasteiger partial charge in [-0.15, -0.1) is 11.3 Å². The Balaban J connectivity index is 1.93. The number of rotatable bonds is 4.